The summed E-state index contributed by atoms with van der Waals surface area (Å²) >= 11 is 1.53. The Morgan fingerprint density at radius 3 is 2.89 bits per heavy atom. The zero-order chi connectivity index (χ0) is 13.8. The molecular formula is C12H22N6S. The number of hydrogen-bond acceptors (Lipinski definition) is 7. The fourth-order valence-corrected chi connectivity index (χ4v) is 2.70. The summed E-state index contributed by atoms with van der Waals surface area (Å²) in [4.78, 5) is 13.5. The van der Waals surface area contributed by atoms with Crippen LogP contribution in [0.3, 0.4) is 0 Å². The monoisotopic (exact) mass is 282 g/mol. The predicted octanol–water partition coefficient (Wildman–Crippen LogP) is 1.01. The molecule has 0 radical (unpaired) electrons. The number of nitrogens with two attached hydrogens (primary N) is 1. The smallest absolute Gasteiger partial charge is 0.191 e. The van der Waals surface area contributed by atoms with Crippen molar-refractivity contribution in [2.45, 2.75) is 24.0 Å². The van der Waals surface area contributed by atoms with Crippen molar-refractivity contribution in [2.24, 2.45) is 5.84 Å². The molecule has 2 rings (SSSR count). The van der Waals surface area contributed by atoms with Crippen molar-refractivity contribution in [3.63, 3.8) is 0 Å². The summed E-state index contributed by atoms with van der Waals surface area (Å²) < 4.78 is 0. The van der Waals surface area contributed by atoms with Crippen LogP contribution in [0.5, 0.6) is 0 Å². The van der Waals surface area contributed by atoms with E-state index in [0.29, 0.717) is 11.9 Å². The van der Waals surface area contributed by atoms with E-state index in [9.17, 15) is 0 Å². The summed E-state index contributed by atoms with van der Waals surface area (Å²) in [5, 5.41) is 0.748. The van der Waals surface area contributed by atoms with Crippen molar-refractivity contribution >= 4 is 23.4 Å². The van der Waals surface area contributed by atoms with E-state index >= 15 is 0 Å². The quantitative estimate of drug-likeness (QED) is 0.370. The van der Waals surface area contributed by atoms with E-state index in [1.54, 1.807) is 0 Å². The maximum absolute atomic E-state index is 5.47. The topological polar surface area (TPSA) is 70.3 Å². The lowest BCUT2D eigenvalue weighted by Crippen LogP contribution is -2.45. The molecule has 19 heavy (non-hydrogen) atoms. The number of rotatable bonds is 4. The van der Waals surface area contributed by atoms with Gasteiger partial charge in [-0.15, -0.1) is 0 Å². The number of likely N-dealkylation sites (N-methyl/N-ethyl adjacent to an activating group) is 1. The molecule has 0 aromatic carbocycles. The van der Waals surface area contributed by atoms with Crippen LogP contribution in [-0.2, 0) is 0 Å². The summed E-state index contributed by atoms with van der Waals surface area (Å²) in [5.41, 5.74) is 2.61. The number of anilines is 2. The van der Waals surface area contributed by atoms with Gasteiger partial charge in [0.05, 0.1) is 0 Å². The lowest BCUT2D eigenvalue weighted by Gasteiger charge is -2.36. The zero-order valence-corrected chi connectivity index (χ0v) is 12.6. The van der Waals surface area contributed by atoms with Crippen molar-refractivity contribution in [3.05, 3.63) is 6.07 Å². The van der Waals surface area contributed by atoms with Crippen LogP contribution >= 0.6 is 11.8 Å². The zero-order valence-electron chi connectivity index (χ0n) is 11.8. The fourth-order valence-electron chi connectivity index (χ4n) is 2.32. The predicted molar refractivity (Wildman–Crippen MR) is 80.5 cm³/mol. The molecule has 3 N–H and O–H groups in total. The Morgan fingerprint density at radius 1 is 1.47 bits per heavy atom. The van der Waals surface area contributed by atoms with E-state index in [1.807, 2.05) is 12.3 Å². The van der Waals surface area contributed by atoms with Crippen molar-refractivity contribution in [3.8, 4) is 0 Å². The molecule has 1 aromatic rings. The number of piperidine rings is 1. The SMILES string of the molecule is CSc1nc(NN)cc(N2CCCC(N(C)C)C2)n1. The Hall–Kier alpha value is -1.05. The highest BCUT2D eigenvalue weighted by atomic mass is 32.2. The first-order valence-electron chi connectivity index (χ1n) is 6.45. The molecule has 1 atom stereocenters. The third-order valence-corrected chi connectivity index (χ3v) is 4.02. The minimum atomic E-state index is 0.579. The maximum Gasteiger partial charge on any atom is 0.191 e. The second-order valence-electron chi connectivity index (χ2n) is 4.95. The number of hydrogen-bond donors (Lipinski definition) is 2. The van der Waals surface area contributed by atoms with Crippen molar-refractivity contribution in [2.75, 3.05) is 43.8 Å². The Kier molecular flexibility index (Phi) is 4.84. The Bertz CT molecular complexity index is 402. The van der Waals surface area contributed by atoms with Gasteiger partial charge in [-0.2, -0.15) is 0 Å². The van der Waals surface area contributed by atoms with Gasteiger partial charge in [0, 0.05) is 25.2 Å². The molecule has 2 heterocycles. The lowest BCUT2D eigenvalue weighted by atomic mass is 10.1. The average Bonchev–Trinajstić information content (AvgIpc) is 2.46. The normalized spacial score (nSPS) is 19.8. The van der Waals surface area contributed by atoms with Gasteiger partial charge in [-0.3, -0.25) is 0 Å². The third kappa shape index (κ3) is 3.49. The van der Waals surface area contributed by atoms with Crippen molar-refractivity contribution in [1.29, 1.82) is 0 Å². The number of thioether (sulfide) groups is 1. The molecule has 0 saturated carbocycles. The minimum Gasteiger partial charge on any atom is -0.355 e. The average molecular weight is 282 g/mol. The molecule has 1 fully saturated rings. The first kappa shape index (κ1) is 14.4. The molecule has 0 amide bonds. The first-order chi connectivity index (χ1) is 9.13. The molecular weight excluding hydrogens is 260 g/mol. The molecule has 1 aromatic heterocycles. The van der Waals surface area contributed by atoms with Crippen LogP contribution in [0.4, 0.5) is 11.6 Å². The molecule has 1 aliphatic heterocycles. The molecule has 6 nitrogen and oxygen atoms in total. The van der Waals surface area contributed by atoms with Crippen LogP contribution in [0.25, 0.3) is 0 Å². The first-order valence-corrected chi connectivity index (χ1v) is 7.67. The van der Waals surface area contributed by atoms with Crippen LogP contribution in [0.2, 0.25) is 0 Å². The van der Waals surface area contributed by atoms with Crippen LogP contribution in [0.15, 0.2) is 11.2 Å². The van der Waals surface area contributed by atoms with Crippen molar-refractivity contribution < 1.29 is 0 Å². The summed E-state index contributed by atoms with van der Waals surface area (Å²) in [7, 11) is 4.27. The second kappa shape index (κ2) is 6.40. The van der Waals surface area contributed by atoms with Gasteiger partial charge in [0.15, 0.2) is 5.16 Å². The molecule has 1 saturated heterocycles. The van der Waals surface area contributed by atoms with Gasteiger partial charge in [0.2, 0.25) is 0 Å². The summed E-state index contributed by atoms with van der Waals surface area (Å²) in [6, 6.07) is 2.49. The van der Waals surface area contributed by atoms with E-state index in [1.165, 1.54) is 24.6 Å². The molecule has 106 valence electrons. The standard InChI is InChI=1S/C12H22N6S/c1-17(2)9-5-4-6-18(8-9)11-7-10(16-13)14-12(15-11)19-3/h7,9H,4-6,8,13H2,1-3H3,(H,14,15,16). The number of nitrogens with one attached hydrogen (secondary N) is 1. The van der Waals surface area contributed by atoms with Gasteiger partial charge in [0.25, 0.3) is 0 Å². The second-order valence-corrected chi connectivity index (χ2v) is 5.72. The molecule has 1 unspecified atom stereocenters. The summed E-state index contributed by atoms with van der Waals surface area (Å²) in [6.07, 6.45) is 4.40. The van der Waals surface area contributed by atoms with Crippen LogP contribution in [-0.4, -0.2) is 54.4 Å². The van der Waals surface area contributed by atoms with E-state index in [-0.39, 0.29) is 0 Å². The van der Waals surface area contributed by atoms with Gasteiger partial charge in [-0.05, 0) is 33.2 Å². The van der Waals surface area contributed by atoms with Gasteiger partial charge in [-0.25, -0.2) is 15.8 Å². The molecule has 1 aliphatic rings. The Labute approximate surface area is 118 Å². The highest BCUT2D eigenvalue weighted by molar-refractivity contribution is 7.98. The van der Waals surface area contributed by atoms with Gasteiger partial charge < -0.3 is 15.2 Å². The van der Waals surface area contributed by atoms with Crippen LogP contribution in [0, 0.1) is 0 Å². The number of nitrogens with zero attached hydrogens (tertiary/aromatic N) is 4. The fraction of sp³-hybridized carbons (Fsp3) is 0.667. The van der Waals surface area contributed by atoms with Crippen LogP contribution in [0.1, 0.15) is 12.8 Å². The number of hydrazine groups is 1. The van der Waals surface area contributed by atoms with Crippen LogP contribution < -0.4 is 16.2 Å². The van der Waals surface area contributed by atoms with Gasteiger partial charge in [-0.1, -0.05) is 11.8 Å². The molecule has 0 bridgehead atoms. The largest absolute Gasteiger partial charge is 0.355 e. The van der Waals surface area contributed by atoms with E-state index in [0.717, 1.165) is 24.1 Å². The molecule has 7 heteroatoms. The molecule has 0 spiro atoms. The van der Waals surface area contributed by atoms with E-state index in [4.69, 9.17) is 5.84 Å². The summed E-state index contributed by atoms with van der Waals surface area (Å²) in [6.45, 7) is 2.04. The maximum atomic E-state index is 5.47. The third-order valence-electron chi connectivity index (χ3n) is 3.47. The highest BCUT2D eigenvalue weighted by Gasteiger charge is 2.23. The van der Waals surface area contributed by atoms with E-state index < -0.39 is 0 Å². The highest BCUT2D eigenvalue weighted by Crippen LogP contribution is 2.24. The number of aromatic nitrogens is 2. The van der Waals surface area contributed by atoms with Gasteiger partial charge >= 0.3 is 0 Å². The Balaban J connectivity index is 2.20. The molecule has 0 aliphatic carbocycles. The van der Waals surface area contributed by atoms with E-state index in [2.05, 4.69) is 39.3 Å². The number of nitrogen functional groups attached to an aromatic ring is 1. The van der Waals surface area contributed by atoms with Gasteiger partial charge in [0.1, 0.15) is 11.6 Å². The minimum absolute atomic E-state index is 0.579. The summed E-state index contributed by atoms with van der Waals surface area (Å²) in [5.74, 6) is 7.10. The van der Waals surface area contributed by atoms with Crippen molar-refractivity contribution in [1.82, 2.24) is 14.9 Å². The Morgan fingerprint density at radius 2 is 2.26 bits per heavy atom. The lowest BCUT2D eigenvalue weighted by molar-refractivity contribution is 0.257.